The lowest BCUT2D eigenvalue weighted by molar-refractivity contribution is -0.121. The molecule has 0 spiro atoms. The molecule has 0 aliphatic heterocycles. The first-order valence-corrected chi connectivity index (χ1v) is 9.02. The van der Waals surface area contributed by atoms with E-state index < -0.39 is 11.9 Å². The van der Waals surface area contributed by atoms with Crippen molar-refractivity contribution in [2.24, 2.45) is 0 Å². The molecule has 0 saturated heterocycles. The quantitative estimate of drug-likeness (QED) is 0.670. The van der Waals surface area contributed by atoms with E-state index in [2.05, 4.69) is 17.2 Å². The third-order valence-corrected chi connectivity index (χ3v) is 4.58. The van der Waals surface area contributed by atoms with Gasteiger partial charge in [-0.2, -0.15) is 0 Å². The molecule has 0 bridgehead atoms. The molecule has 3 amide bonds. The molecule has 0 aliphatic carbocycles. The molecule has 8 heteroatoms. The van der Waals surface area contributed by atoms with Gasteiger partial charge in [0, 0.05) is 23.7 Å². The maximum absolute atomic E-state index is 12.1. The van der Waals surface area contributed by atoms with Gasteiger partial charge in [0.15, 0.2) is 0 Å². The summed E-state index contributed by atoms with van der Waals surface area (Å²) in [6, 6.07) is 9.96. The van der Waals surface area contributed by atoms with Crippen molar-refractivity contribution in [3.8, 4) is 5.75 Å². The lowest BCUT2D eigenvalue weighted by atomic mass is 10.3. The van der Waals surface area contributed by atoms with Crippen LogP contribution in [0.3, 0.4) is 0 Å². The third kappa shape index (κ3) is 6.51. The van der Waals surface area contributed by atoms with Gasteiger partial charge in [-0.25, -0.2) is 4.79 Å². The summed E-state index contributed by atoms with van der Waals surface area (Å²) < 4.78 is 5.75. The number of hydrogen-bond acceptors (Lipinski definition) is 5. The Balaban J connectivity index is 1.85. The number of nitrogens with zero attached hydrogens (tertiary/aromatic N) is 1. The number of benzene rings is 1. The predicted octanol–water partition coefficient (Wildman–Crippen LogP) is 3.75. The van der Waals surface area contributed by atoms with Crippen molar-refractivity contribution in [2.75, 3.05) is 25.5 Å². The van der Waals surface area contributed by atoms with E-state index in [1.54, 1.807) is 37.5 Å². The predicted molar refractivity (Wildman–Crippen MR) is 105 cm³/mol. The Morgan fingerprint density at radius 3 is 2.58 bits per heavy atom. The molecule has 26 heavy (non-hydrogen) atoms. The van der Waals surface area contributed by atoms with Crippen molar-refractivity contribution in [2.45, 2.75) is 6.54 Å². The molecular formula is C18H20ClN3O3S. The Kier molecular flexibility index (Phi) is 7.65. The van der Waals surface area contributed by atoms with Gasteiger partial charge in [0.1, 0.15) is 5.75 Å². The number of carbonyl (C=O) groups excluding carboxylic acids is 2. The maximum Gasteiger partial charge on any atom is 0.325 e. The fraction of sp³-hybridized carbons (Fsp3) is 0.222. The first-order valence-electron chi connectivity index (χ1n) is 7.82. The number of urea groups is 1. The van der Waals surface area contributed by atoms with Crippen molar-refractivity contribution >= 4 is 40.6 Å². The van der Waals surface area contributed by atoms with Gasteiger partial charge in [0.25, 0.3) is 0 Å². The fourth-order valence-corrected chi connectivity index (χ4v) is 3.36. The smallest absolute Gasteiger partial charge is 0.325 e. The maximum atomic E-state index is 12.1. The summed E-state index contributed by atoms with van der Waals surface area (Å²) in [7, 11) is 1.56. The van der Waals surface area contributed by atoms with Gasteiger partial charge in [-0.3, -0.25) is 15.0 Å². The van der Waals surface area contributed by atoms with Gasteiger partial charge in [0.05, 0.1) is 18.0 Å². The molecule has 1 aromatic heterocycles. The molecule has 0 radical (unpaired) electrons. The highest BCUT2D eigenvalue weighted by Crippen LogP contribution is 2.22. The zero-order chi connectivity index (χ0) is 18.9. The second-order valence-corrected chi connectivity index (χ2v) is 7.19. The summed E-state index contributed by atoms with van der Waals surface area (Å²) in [6.07, 6.45) is 1.71. The Morgan fingerprint density at radius 2 is 2.00 bits per heavy atom. The van der Waals surface area contributed by atoms with E-state index in [0.29, 0.717) is 28.9 Å². The summed E-state index contributed by atoms with van der Waals surface area (Å²) in [6.45, 7) is 4.84. The van der Waals surface area contributed by atoms with Crippen molar-refractivity contribution in [1.82, 2.24) is 10.2 Å². The third-order valence-electron chi connectivity index (χ3n) is 3.36. The number of halogens is 1. The van der Waals surface area contributed by atoms with Crippen molar-refractivity contribution in [3.05, 3.63) is 58.3 Å². The minimum atomic E-state index is -0.585. The van der Waals surface area contributed by atoms with Crippen LogP contribution in [0.1, 0.15) is 4.88 Å². The Morgan fingerprint density at radius 1 is 1.27 bits per heavy atom. The van der Waals surface area contributed by atoms with Gasteiger partial charge < -0.3 is 10.1 Å². The highest BCUT2D eigenvalue weighted by Gasteiger charge is 2.14. The molecule has 2 N–H and O–H groups in total. The summed E-state index contributed by atoms with van der Waals surface area (Å²) >= 11 is 7.39. The standard InChI is InChI=1S/C18H20ClN3O3S/c1-3-10-22(11-15-8-9-16(19)26-15)12-17(23)21-18(24)20-13-4-6-14(25-2)7-5-13/h3-9H,1,10-12H2,2H3,(H2,20,21,23,24). The normalized spacial score (nSPS) is 10.4. The van der Waals surface area contributed by atoms with Crippen LogP contribution in [0.5, 0.6) is 5.75 Å². The first kappa shape index (κ1) is 20.0. The molecular weight excluding hydrogens is 374 g/mol. The minimum absolute atomic E-state index is 0.0670. The van der Waals surface area contributed by atoms with E-state index in [9.17, 15) is 9.59 Å². The molecule has 2 aromatic rings. The number of thiophene rings is 1. The van der Waals surface area contributed by atoms with E-state index in [-0.39, 0.29) is 6.54 Å². The van der Waals surface area contributed by atoms with Crippen LogP contribution < -0.4 is 15.4 Å². The lowest BCUT2D eigenvalue weighted by Crippen LogP contribution is -2.41. The van der Waals surface area contributed by atoms with E-state index in [0.717, 1.165) is 4.88 Å². The van der Waals surface area contributed by atoms with Gasteiger partial charge >= 0.3 is 6.03 Å². The molecule has 0 unspecified atom stereocenters. The highest BCUT2D eigenvalue weighted by atomic mass is 35.5. The van der Waals surface area contributed by atoms with Gasteiger partial charge in [0.2, 0.25) is 5.91 Å². The van der Waals surface area contributed by atoms with Crippen LogP contribution >= 0.6 is 22.9 Å². The lowest BCUT2D eigenvalue weighted by Gasteiger charge is -2.19. The van der Waals surface area contributed by atoms with Crippen LogP contribution in [0.15, 0.2) is 49.1 Å². The molecule has 2 rings (SSSR count). The average Bonchev–Trinajstić information content (AvgIpc) is 3.00. The summed E-state index contributed by atoms with van der Waals surface area (Å²) in [4.78, 5) is 27.0. The zero-order valence-corrected chi connectivity index (χ0v) is 15.9. The number of anilines is 1. The van der Waals surface area contributed by atoms with Crippen molar-refractivity contribution < 1.29 is 14.3 Å². The van der Waals surface area contributed by atoms with Crippen LogP contribution in [0, 0.1) is 0 Å². The van der Waals surface area contributed by atoms with E-state index >= 15 is 0 Å². The molecule has 0 aliphatic rings. The number of amides is 3. The molecule has 1 heterocycles. The minimum Gasteiger partial charge on any atom is -0.497 e. The van der Waals surface area contributed by atoms with E-state index in [1.165, 1.54) is 11.3 Å². The van der Waals surface area contributed by atoms with Crippen molar-refractivity contribution in [3.63, 3.8) is 0 Å². The molecule has 0 saturated carbocycles. The van der Waals surface area contributed by atoms with Crippen LogP contribution in [0.2, 0.25) is 4.34 Å². The topological polar surface area (TPSA) is 70.7 Å². The fourth-order valence-electron chi connectivity index (χ4n) is 2.23. The van der Waals surface area contributed by atoms with E-state index in [1.807, 2.05) is 17.0 Å². The molecule has 138 valence electrons. The highest BCUT2D eigenvalue weighted by molar-refractivity contribution is 7.16. The zero-order valence-electron chi connectivity index (χ0n) is 14.3. The number of ether oxygens (including phenoxy) is 1. The van der Waals surface area contributed by atoms with Crippen LogP contribution in [-0.4, -0.2) is 37.0 Å². The van der Waals surface area contributed by atoms with E-state index in [4.69, 9.17) is 16.3 Å². The van der Waals surface area contributed by atoms with Crippen molar-refractivity contribution in [1.29, 1.82) is 0 Å². The number of carbonyl (C=O) groups is 2. The Hall–Kier alpha value is -2.35. The van der Waals surface area contributed by atoms with Crippen LogP contribution in [-0.2, 0) is 11.3 Å². The number of nitrogens with one attached hydrogen (secondary N) is 2. The molecule has 6 nitrogen and oxygen atoms in total. The first-order chi connectivity index (χ1) is 12.5. The Labute approximate surface area is 161 Å². The summed E-state index contributed by atoms with van der Waals surface area (Å²) in [5.41, 5.74) is 0.562. The van der Waals surface area contributed by atoms with Crippen LogP contribution in [0.25, 0.3) is 0 Å². The average molecular weight is 394 g/mol. The summed E-state index contributed by atoms with van der Waals surface area (Å²) in [5.74, 6) is 0.279. The van der Waals surface area contributed by atoms with Crippen LogP contribution in [0.4, 0.5) is 10.5 Å². The second-order valence-electron chi connectivity index (χ2n) is 5.39. The van der Waals surface area contributed by atoms with Gasteiger partial charge in [-0.1, -0.05) is 17.7 Å². The molecule has 1 aromatic carbocycles. The SMILES string of the molecule is C=CCN(CC(=O)NC(=O)Nc1ccc(OC)cc1)Cc1ccc(Cl)s1. The van der Waals surface area contributed by atoms with Gasteiger partial charge in [-0.05, 0) is 36.4 Å². The van der Waals surface area contributed by atoms with Gasteiger partial charge in [-0.15, -0.1) is 17.9 Å². The monoisotopic (exact) mass is 393 g/mol. The largest absolute Gasteiger partial charge is 0.497 e. The molecule has 0 atom stereocenters. The number of hydrogen-bond donors (Lipinski definition) is 2. The Bertz CT molecular complexity index is 761. The molecule has 0 fully saturated rings. The summed E-state index contributed by atoms with van der Waals surface area (Å²) in [5, 5.41) is 4.92. The number of methoxy groups -OCH3 is 1. The number of rotatable bonds is 8. The number of imide groups is 1. The second kappa shape index (κ2) is 9.96.